The van der Waals surface area contributed by atoms with Crippen molar-refractivity contribution in [2.45, 2.75) is 6.54 Å². The van der Waals surface area contributed by atoms with Crippen molar-refractivity contribution in [3.8, 4) is 0 Å². The first kappa shape index (κ1) is 14.0. The quantitative estimate of drug-likeness (QED) is 0.871. The van der Waals surface area contributed by atoms with E-state index in [2.05, 4.69) is 21.2 Å². The molecule has 0 aromatic heterocycles. The molecule has 0 aliphatic carbocycles. The van der Waals surface area contributed by atoms with Crippen LogP contribution in [0.25, 0.3) is 0 Å². The Kier molecular flexibility index (Phi) is 5.45. The third kappa shape index (κ3) is 4.02. The van der Waals surface area contributed by atoms with Crippen molar-refractivity contribution in [1.82, 2.24) is 0 Å². The van der Waals surface area contributed by atoms with Gasteiger partial charge in [-0.3, -0.25) is 0 Å². The van der Waals surface area contributed by atoms with E-state index in [-0.39, 0.29) is 18.2 Å². The summed E-state index contributed by atoms with van der Waals surface area (Å²) in [6, 6.07) is 14.7. The van der Waals surface area contributed by atoms with Crippen molar-refractivity contribution >= 4 is 34.0 Å². The zero-order valence-electron chi connectivity index (χ0n) is 8.99. The van der Waals surface area contributed by atoms with Crippen LogP contribution in [0.1, 0.15) is 5.56 Å². The van der Waals surface area contributed by atoms with E-state index < -0.39 is 0 Å². The Morgan fingerprint density at radius 2 is 1.76 bits per heavy atom. The molecule has 17 heavy (non-hydrogen) atoms. The van der Waals surface area contributed by atoms with E-state index in [9.17, 15) is 4.39 Å². The Balaban J connectivity index is 0.00000144. The van der Waals surface area contributed by atoms with Crippen LogP contribution < -0.4 is 5.32 Å². The normalized spacial score (nSPS) is 9.53. The molecule has 0 aliphatic heterocycles. The summed E-state index contributed by atoms with van der Waals surface area (Å²) in [5.74, 6) is -0.188. The molecule has 4 heteroatoms. The van der Waals surface area contributed by atoms with Gasteiger partial charge in [0, 0.05) is 22.3 Å². The summed E-state index contributed by atoms with van der Waals surface area (Å²) in [4.78, 5) is 0. The van der Waals surface area contributed by atoms with Gasteiger partial charge in [-0.2, -0.15) is 0 Å². The van der Waals surface area contributed by atoms with Crippen LogP contribution in [0.15, 0.2) is 53.0 Å². The van der Waals surface area contributed by atoms with Crippen LogP contribution in [0.2, 0.25) is 0 Å². The van der Waals surface area contributed by atoms with E-state index in [1.807, 2.05) is 30.3 Å². The summed E-state index contributed by atoms with van der Waals surface area (Å²) >= 11 is 3.33. The largest absolute Gasteiger partial charge is 0.381 e. The standard InChI is InChI=1S/C13H11BrFN.ClH/c14-11-6-7-13(15)10(8-11)9-16-12-4-2-1-3-5-12;/h1-8,16H,9H2;1H. The van der Waals surface area contributed by atoms with Crippen LogP contribution in [0.4, 0.5) is 10.1 Å². The van der Waals surface area contributed by atoms with E-state index in [1.165, 1.54) is 6.07 Å². The third-order valence-corrected chi connectivity index (χ3v) is 2.76. The van der Waals surface area contributed by atoms with E-state index in [1.54, 1.807) is 12.1 Å². The first-order valence-corrected chi connectivity index (χ1v) is 5.78. The fraction of sp³-hybridized carbons (Fsp3) is 0.0769. The second-order valence-corrected chi connectivity index (χ2v) is 4.37. The van der Waals surface area contributed by atoms with Crippen LogP contribution in [-0.2, 0) is 6.54 Å². The summed E-state index contributed by atoms with van der Waals surface area (Å²) in [6.07, 6.45) is 0. The van der Waals surface area contributed by atoms with Gasteiger partial charge in [0.2, 0.25) is 0 Å². The number of anilines is 1. The SMILES string of the molecule is Cl.Fc1ccc(Br)cc1CNc1ccccc1. The van der Waals surface area contributed by atoms with Crippen LogP contribution >= 0.6 is 28.3 Å². The molecule has 0 saturated heterocycles. The molecule has 2 aromatic rings. The van der Waals surface area contributed by atoms with E-state index in [0.29, 0.717) is 12.1 Å². The topological polar surface area (TPSA) is 12.0 Å². The molecule has 0 atom stereocenters. The Morgan fingerprint density at radius 3 is 2.47 bits per heavy atom. The zero-order chi connectivity index (χ0) is 11.4. The van der Waals surface area contributed by atoms with E-state index >= 15 is 0 Å². The molecule has 2 aromatic carbocycles. The number of hydrogen-bond acceptors (Lipinski definition) is 1. The first-order valence-electron chi connectivity index (χ1n) is 4.98. The van der Waals surface area contributed by atoms with E-state index in [0.717, 1.165) is 10.2 Å². The molecule has 1 nitrogen and oxygen atoms in total. The van der Waals surface area contributed by atoms with Gasteiger partial charge in [0.1, 0.15) is 5.82 Å². The lowest BCUT2D eigenvalue weighted by Gasteiger charge is -2.07. The average Bonchev–Trinajstić information content (AvgIpc) is 2.32. The van der Waals surface area contributed by atoms with E-state index in [4.69, 9.17) is 0 Å². The lowest BCUT2D eigenvalue weighted by molar-refractivity contribution is 0.612. The maximum atomic E-state index is 13.4. The van der Waals surface area contributed by atoms with Crippen LogP contribution in [0, 0.1) is 5.82 Å². The summed E-state index contributed by atoms with van der Waals surface area (Å²) in [7, 11) is 0. The molecule has 90 valence electrons. The molecule has 0 radical (unpaired) electrons. The summed E-state index contributed by atoms with van der Waals surface area (Å²) < 4.78 is 14.3. The molecule has 0 saturated carbocycles. The van der Waals surface area contributed by atoms with Crippen LogP contribution in [0.3, 0.4) is 0 Å². The Morgan fingerprint density at radius 1 is 1.06 bits per heavy atom. The lowest BCUT2D eigenvalue weighted by atomic mass is 10.2. The number of rotatable bonds is 3. The highest BCUT2D eigenvalue weighted by atomic mass is 79.9. The van der Waals surface area contributed by atoms with Crippen molar-refractivity contribution in [3.63, 3.8) is 0 Å². The fourth-order valence-corrected chi connectivity index (χ4v) is 1.84. The van der Waals surface area contributed by atoms with Gasteiger partial charge in [-0.05, 0) is 30.3 Å². The lowest BCUT2D eigenvalue weighted by Crippen LogP contribution is -2.01. The van der Waals surface area contributed by atoms with Gasteiger partial charge < -0.3 is 5.32 Å². The van der Waals surface area contributed by atoms with Gasteiger partial charge in [0.05, 0.1) is 0 Å². The maximum absolute atomic E-state index is 13.4. The van der Waals surface area contributed by atoms with Crippen LogP contribution in [-0.4, -0.2) is 0 Å². The Labute approximate surface area is 115 Å². The number of hydrogen-bond donors (Lipinski definition) is 1. The average molecular weight is 317 g/mol. The number of nitrogens with one attached hydrogen (secondary N) is 1. The van der Waals surface area contributed by atoms with Gasteiger partial charge in [-0.15, -0.1) is 12.4 Å². The number of benzene rings is 2. The molecule has 0 unspecified atom stereocenters. The number of para-hydroxylation sites is 1. The molecule has 0 bridgehead atoms. The fourth-order valence-electron chi connectivity index (χ4n) is 1.43. The smallest absolute Gasteiger partial charge is 0.128 e. The van der Waals surface area contributed by atoms with Crippen molar-refractivity contribution in [2.24, 2.45) is 0 Å². The predicted molar refractivity (Wildman–Crippen MR) is 75.1 cm³/mol. The molecule has 0 aliphatic rings. The van der Waals surface area contributed by atoms with Gasteiger partial charge in [-0.25, -0.2) is 4.39 Å². The van der Waals surface area contributed by atoms with Gasteiger partial charge in [0.15, 0.2) is 0 Å². The molecule has 0 heterocycles. The van der Waals surface area contributed by atoms with Crippen molar-refractivity contribution in [1.29, 1.82) is 0 Å². The minimum atomic E-state index is -0.188. The van der Waals surface area contributed by atoms with Gasteiger partial charge in [0.25, 0.3) is 0 Å². The molecule has 0 amide bonds. The Bertz CT molecular complexity index is 476. The molecular weight excluding hydrogens is 305 g/mol. The highest BCUT2D eigenvalue weighted by Gasteiger charge is 2.02. The van der Waals surface area contributed by atoms with Crippen molar-refractivity contribution in [2.75, 3.05) is 5.32 Å². The van der Waals surface area contributed by atoms with Crippen LogP contribution in [0.5, 0.6) is 0 Å². The van der Waals surface area contributed by atoms with Crippen molar-refractivity contribution in [3.05, 3.63) is 64.4 Å². The molecule has 2 rings (SSSR count). The highest BCUT2D eigenvalue weighted by Crippen LogP contribution is 2.17. The maximum Gasteiger partial charge on any atom is 0.128 e. The number of halogens is 3. The zero-order valence-corrected chi connectivity index (χ0v) is 11.4. The monoisotopic (exact) mass is 315 g/mol. The van der Waals surface area contributed by atoms with Gasteiger partial charge in [-0.1, -0.05) is 34.1 Å². The third-order valence-electron chi connectivity index (χ3n) is 2.26. The Hall–Kier alpha value is -1.06. The molecular formula is C13H12BrClFN. The predicted octanol–water partition coefficient (Wildman–Crippen LogP) is 4.62. The van der Waals surface area contributed by atoms with Crippen molar-refractivity contribution < 1.29 is 4.39 Å². The summed E-state index contributed by atoms with van der Waals surface area (Å²) in [5.41, 5.74) is 1.64. The molecule has 1 N–H and O–H groups in total. The molecule has 0 spiro atoms. The first-order chi connectivity index (χ1) is 7.75. The van der Waals surface area contributed by atoms with Gasteiger partial charge >= 0.3 is 0 Å². The minimum Gasteiger partial charge on any atom is -0.381 e. The molecule has 0 fully saturated rings. The second-order valence-electron chi connectivity index (χ2n) is 3.46. The minimum absolute atomic E-state index is 0. The summed E-state index contributed by atoms with van der Waals surface area (Å²) in [5, 5.41) is 3.17. The second kappa shape index (κ2) is 6.62. The summed E-state index contributed by atoms with van der Waals surface area (Å²) in [6.45, 7) is 0.481. The highest BCUT2D eigenvalue weighted by molar-refractivity contribution is 9.10.